The fraction of sp³-hybridized carbons (Fsp3) is 0.263. The third-order valence-corrected chi connectivity index (χ3v) is 4.42. The van der Waals surface area contributed by atoms with Crippen LogP contribution in [-0.4, -0.2) is 37.7 Å². The fourth-order valence-corrected chi connectivity index (χ4v) is 3.23. The summed E-state index contributed by atoms with van der Waals surface area (Å²) in [4.78, 5) is 23.6. The van der Waals surface area contributed by atoms with Crippen LogP contribution in [0, 0.1) is 0 Å². The minimum Gasteiger partial charge on any atom is -0.481 e. The standard InChI is InChI=1S/C19H22N2O5S/c1-27(25,26)21-17-10-6-5-9-16(17)19(24)20-15(11-12-18(22)23)13-14-7-3-2-4-8-14/h2-10,15,21H,11-13H2,1H3,(H,20,24)(H,22,23). The maximum absolute atomic E-state index is 12.7. The summed E-state index contributed by atoms with van der Waals surface area (Å²) in [6, 6.07) is 15.3. The van der Waals surface area contributed by atoms with Gasteiger partial charge < -0.3 is 10.4 Å². The number of amides is 1. The van der Waals surface area contributed by atoms with Gasteiger partial charge in [0.1, 0.15) is 0 Å². The number of carbonyl (C=O) groups is 2. The topological polar surface area (TPSA) is 113 Å². The molecule has 0 spiro atoms. The van der Waals surface area contributed by atoms with Crippen molar-refractivity contribution in [2.24, 2.45) is 0 Å². The van der Waals surface area contributed by atoms with Crippen molar-refractivity contribution in [2.75, 3.05) is 11.0 Å². The minimum atomic E-state index is -3.54. The van der Waals surface area contributed by atoms with Gasteiger partial charge in [-0.25, -0.2) is 8.42 Å². The molecule has 0 saturated heterocycles. The minimum absolute atomic E-state index is 0.0823. The Bertz CT molecular complexity index is 897. The van der Waals surface area contributed by atoms with Gasteiger partial charge in [0.2, 0.25) is 10.0 Å². The highest BCUT2D eigenvalue weighted by Gasteiger charge is 2.19. The predicted octanol–water partition coefficient (Wildman–Crippen LogP) is 2.26. The molecule has 27 heavy (non-hydrogen) atoms. The van der Waals surface area contributed by atoms with Gasteiger partial charge in [-0.1, -0.05) is 42.5 Å². The Morgan fingerprint density at radius 2 is 1.67 bits per heavy atom. The Morgan fingerprint density at radius 1 is 1.04 bits per heavy atom. The lowest BCUT2D eigenvalue weighted by atomic mass is 10.0. The van der Waals surface area contributed by atoms with E-state index in [0.717, 1.165) is 11.8 Å². The van der Waals surface area contributed by atoms with Gasteiger partial charge in [-0.3, -0.25) is 14.3 Å². The van der Waals surface area contributed by atoms with Crippen molar-refractivity contribution >= 4 is 27.6 Å². The average Bonchev–Trinajstić information content (AvgIpc) is 2.59. The number of carboxylic acids is 1. The molecule has 144 valence electrons. The molecule has 8 heteroatoms. The predicted molar refractivity (Wildman–Crippen MR) is 103 cm³/mol. The summed E-state index contributed by atoms with van der Waals surface area (Å²) in [7, 11) is -3.54. The molecule has 3 N–H and O–H groups in total. The summed E-state index contributed by atoms with van der Waals surface area (Å²) < 4.78 is 25.3. The average molecular weight is 390 g/mol. The van der Waals surface area contributed by atoms with Gasteiger partial charge in [-0.2, -0.15) is 0 Å². The molecule has 1 amide bonds. The van der Waals surface area contributed by atoms with E-state index in [4.69, 9.17) is 5.11 Å². The third-order valence-electron chi connectivity index (χ3n) is 3.83. The second kappa shape index (κ2) is 9.18. The van der Waals surface area contributed by atoms with E-state index < -0.39 is 27.9 Å². The van der Waals surface area contributed by atoms with Gasteiger partial charge in [0.25, 0.3) is 5.91 Å². The molecule has 0 aliphatic heterocycles. The molecule has 2 aromatic carbocycles. The first kappa shape index (κ1) is 20.4. The molecule has 0 radical (unpaired) electrons. The Hall–Kier alpha value is -2.87. The number of hydrogen-bond donors (Lipinski definition) is 3. The number of rotatable bonds is 9. The summed E-state index contributed by atoms with van der Waals surface area (Å²) in [6.45, 7) is 0. The SMILES string of the molecule is CS(=O)(=O)Nc1ccccc1C(=O)NC(CCC(=O)O)Cc1ccccc1. The van der Waals surface area contributed by atoms with Crippen molar-refractivity contribution in [3.63, 3.8) is 0 Å². The number of carbonyl (C=O) groups excluding carboxylic acids is 1. The zero-order valence-corrected chi connectivity index (χ0v) is 15.7. The van der Waals surface area contributed by atoms with Crippen LogP contribution in [0.4, 0.5) is 5.69 Å². The van der Waals surface area contributed by atoms with Gasteiger partial charge in [-0.05, 0) is 30.5 Å². The first-order valence-electron chi connectivity index (χ1n) is 8.38. The summed E-state index contributed by atoms with van der Waals surface area (Å²) >= 11 is 0. The van der Waals surface area contributed by atoms with E-state index in [-0.39, 0.29) is 24.1 Å². The van der Waals surface area contributed by atoms with Crippen LogP contribution in [0.3, 0.4) is 0 Å². The number of nitrogens with one attached hydrogen (secondary N) is 2. The van der Waals surface area contributed by atoms with Gasteiger partial charge >= 0.3 is 5.97 Å². The molecule has 1 unspecified atom stereocenters. The Labute approximate surface area is 158 Å². The third kappa shape index (κ3) is 7.10. The zero-order valence-electron chi connectivity index (χ0n) is 14.9. The number of benzene rings is 2. The highest BCUT2D eigenvalue weighted by molar-refractivity contribution is 7.92. The highest BCUT2D eigenvalue weighted by atomic mass is 32.2. The molecule has 0 aliphatic rings. The summed E-state index contributed by atoms with van der Waals surface area (Å²) in [5.74, 6) is -1.41. The first-order chi connectivity index (χ1) is 12.7. The van der Waals surface area contributed by atoms with Crippen LogP contribution in [0.2, 0.25) is 0 Å². The largest absolute Gasteiger partial charge is 0.481 e. The van der Waals surface area contributed by atoms with Gasteiger partial charge in [0.15, 0.2) is 0 Å². The molecule has 0 saturated carbocycles. The summed E-state index contributed by atoms with van der Waals surface area (Å²) in [5.41, 5.74) is 1.32. The van der Waals surface area contributed by atoms with Crippen molar-refractivity contribution in [1.82, 2.24) is 5.32 Å². The monoisotopic (exact) mass is 390 g/mol. The number of sulfonamides is 1. The lowest BCUT2D eigenvalue weighted by Crippen LogP contribution is -2.37. The van der Waals surface area contributed by atoms with Crippen LogP contribution in [0.25, 0.3) is 0 Å². The Morgan fingerprint density at radius 3 is 2.30 bits per heavy atom. The van der Waals surface area contributed by atoms with Gasteiger partial charge in [-0.15, -0.1) is 0 Å². The number of anilines is 1. The van der Waals surface area contributed by atoms with E-state index in [1.165, 1.54) is 12.1 Å². The fourth-order valence-electron chi connectivity index (χ4n) is 2.65. The second-order valence-corrected chi connectivity index (χ2v) is 7.96. The number of para-hydroxylation sites is 1. The quantitative estimate of drug-likeness (QED) is 0.608. The van der Waals surface area contributed by atoms with Crippen molar-refractivity contribution in [2.45, 2.75) is 25.3 Å². The van der Waals surface area contributed by atoms with Crippen molar-refractivity contribution in [3.8, 4) is 0 Å². The molecule has 1 atom stereocenters. The molecule has 0 fully saturated rings. The molecule has 2 rings (SSSR count). The molecule has 2 aromatic rings. The van der Waals surface area contributed by atoms with E-state index in [0.29, 0.717) is 6.42 Å². The molecule has 0 heterocycles. The Balaban J connectivity index is 2.18. The Kier molecular flexibility index (Phi) is 6.95. The van der Waals surface area contributed by atoms with Gasteiger partial charge in [0.05, 0.1) is 17.5 Å². The lowest BCUT2D eigenvalue weighted by molar-refractivity contribution is -0.137. The van der Waals surface area contributed by atoms with Crippen molar-refractivity contribution in [1.29, 1.82) is 0 Å². The molecular weight excluding hydrogens is 368 g/mol. The van der Waals surface area contributed by atoms with E-state index in [9.17, 15) is 18.0 Å². The normalized spacial score (nSPS) is 12.2. The summed E-state index contributed by atoms with van der Waals surface area (Å²) in [6.07, 6.45) is 1.66. The summed E-state index contributed by atoms with van der Waals surface area (Å²) in [5, 5.41) is 11.8. The van der Waals surface area contributed by atoms with Crippen LogP contribution < -0.4 is 10.0 Å². The van der Waals surface area contributed by atoms with Crippen molar-refractivity contribution in [3.05, 3.63) is 65.7 Å². The second-order valence-electron chi connectivity index (χ2n) is 6.21. The van der Waals surface area contributed by atoms with Crippen LogP contribution in [0.5, 0.6) is 0 Å². The number of hydrogen-bond acceptors (Lipinski definition) is 4. The van der Waals surface area contributed by atoms with Crippen LogP contribution in [-0.2, 0) is 21.2 Å². The molecule has 0 bridgehead atoms. The molecule has 0 aliphatic carbocycles. The number of aliphatic carboxylic acids is 1. The van der Waals surface area contributed by atoms with Crippen LogP contribution in [0.15, 0.2) is 54.6 Å². The lowest BCUT2D eigenvalue weighted by Gasteiger charge is -2.19. The molecule has 0 aromatic heterocycles. The van der Waals surface area contributed by atoms with E-state index in [1.807, 2.05) is 30.3 Å². The zero-order chi connectivity index (χ0) is 19.9. The van der Waals surface area contributed by atoms with Crippen molar-refractivity contribution < 1.29 is 23.1 Å². The first-order valence-corrected chi connectivity index (χ1v) is 10.3. The van der Waals surface area contributed by atoms with Crippen LogP contribution in [0.1, 0.15) is 28.8 Å². The molecule has 7 nitrogen and oxygen atoms in total. The highest BCUT2D eigenvalue weighted by Crippen LogP contribution is 2.17. The van der Waals surface area contributed by atoms with E-state index in [2.05, 4.69) is 10.0 Å². The maximum Gasteiger partial charge on any atom is 0.303 e. The molecular formula is C19H22N2O5S. The van der Waals surface area contributed by atoms with E-state index >= 15 is 0 Å². The smallest absolute Gasteiger partial charge is 0.303 e. The number of carboxylic acid groups (broad SMARTS) is 1. The van der Waals surface area contributed by atoms with Crippen LogP contribution >= 0.6 is 0 Å². The van der Waals surface area contributed by atoms with Gasteiger partial charge in [0, 0.05) is 12.5 Å². The van der Waals surface area contributed by atoms with E-state index in [1.54, 1.807) is 12.1 Å². The maximum atomic E-state index is 12.7.